The van der Waals surface area contributed by atoms with Crippen LogP contribution in [0.25, 0.3) is 31.8 Å². The maximum absolute atomic E-state index is 2.30. The number of benzene rings is 2. The second-order valence-electron chi connectivity index (χ2n) is 5.87. The first-order chi connectivity index (χ1) is 11.2. The summed E-state index contributed by atoms with van der Waals surface area (Å²) in [4.78, 5) is 1.32. The Hall–Kier alpha value is -2.45. The van der Waals surface area contributed by atoms with Crippen molar-refractivity contribution in [3.05, 3.63) is 78.5 Å². The summed E-state index contributed by atoms with van der Waals surface area (Å²) in [6.45, 7) is 2.17. The minimum atomic E-state index is 1.25. The van der Waals surface area contributed by atoms with Crippen LogP contribution in [0.4, 0.5) is 0 Å². The van der Waals surface area contributed by atoms with Crippen molar-refractivity contribution >= 4 is 21.4 Å². The molecule has 2 aromatic carbocycles. The molecule has 0 fully saturated rings. The van der Waals surface area contributed by atoms with Crippen LogP contribution in [0.3, 0.4) is 0 Å². The minimum Gasteiger partial charge on any atom is -0.201 e. The zero-order valence-electron chi connectivity index (χ0n) is 13.3. The summed E-state index contributed by atoms with van der Waals surface area (Å²) in [5, 5.41) is 1.32. The lowest BCUT2D eigenvalue weighted by Crippen LogP contribution is -2.30. The van der Waals surface area contributed by atoms with Gasteiger partial charge in [-0.15, -0.1) is 11.3 Å². The van der Waals surface area contributed by atoms with Crippen LogP contribution < -0.4 is 4.57 Å². The van der Waals surface area contributed by atoms with Crippen molar-refractivity contribution in [1.29, 1.82) is 0 Å². The Labute approximate surface area is 140 Å². The van der Waals surface area contributed by atoms with E-state index in [0.29, 0.717) is 0 Å². The number of thiophene rings is 1. The number of aryl methyl sites for hydroxylation is 2. The highest BCUT2D eigenvalue weighted by molar-refractivity contribution is 7.22. The van der Waals surface area contributed by atoms with Gasteiger partial charge in [0.1, 0.15) is 7.05 Å². The number of rotatable bonds is 2. The number of pyridine rings is 1. The van der Waals surface area contributed by atoms with Gasteiger partial charge in [-0.05, 0) is 36.1 Å². The Kier molecular flexibility index (Phi) is 3.47. The lowest BCUT2D eigenvalue weighted by molar-refractivity contribution is -0.660. The van der Waals surface area contributed by atoms with E-state index in [0.717, 1.165) is 0 Å². The van der Waals surface area contributed by atoms with E-state index in [-0.39, 0.29) is 0 Å². The fourth-order valence-electron chi connectivity index (χ4n) is 2.98. The van der Waals surface area contributed by atoms with E-state index in [9.17, 15) is 0 Å². The molecule has 0 radical (unpaired) electrons. The highest BCUT2D eigenvalue weighted by atomic mass is 32.1. The van der Waals surface area contributed by atoms with Crippen LogP contribution in [0, 0.1) is 6.92 Å². The van der Waals surface area contributed by atoms with Crippen LogP contribution in [0.5, 0.6) is 0 Å². The van der Waals surface area contributed by atoms with Crippen molar-refractivity contribution in [2.75, 3.05) is 0 Å². The van der Waals surface area contributed by atoms with Gasteiger partial charge in [0, 0.05) is 32.8 Å². The second-order valence-corrected chi connectivity index (χ2v) is 6.96. The van der Waals surface area contributed by atoms with Crippen molar-refractivity contribution in [3.8, 4) is 21.7 Å². The largest absolute Gasteiger partial charge is 0.213 e. The summed E-state index contributed by atoms with van der Waals surface area (Å²) in [7, 11) is 2.11. The molecule has 0 saturated heterocycles. The van der Waals surface area contributed by atoms with Gasteiger partial charge in [-0.3, -0.25) is 0 Å². The molecule has 112 valence electrons. The number of hydrogen-bond donors (Lipinski definition) is 0. The summed E-state index contributed by atoms with van der Waals surface area (Å²) in [6.07, 6.45) is 2.15. The number of nitrogens with zero attached hydrogens (tertiary/aromatic N) is 1. The molecular weight excluding hydrogens is 298 g/mol. The van der Waals surface area contributed by atoms with Gasteiger partial charge in [0.05, 0.1) is 0 Å². The van der Waals surface area contributed by atoms with Crippen LogP contribution in [0.2, 0.25) is 0 Å². The molecule has 0 aliphatic carbocycles. The van der Waals surface area contributed by atoms with E-state index < -0.39 is 0 Å². The minimum absolute atomic E-state index is 1.25. The van der Waals surface area contributed by atoms with Gasteiger partial charge in [-0.2, -0.15) is 0 Å². The molecule has 0 N–H and O–H groups in total. The van der Waals surface area contributed by atoms with E-state index in [1.54, 1.807) is 0 Å². The average Bonchev–Trinajstić information content (AvgIpc) is 3.00. The van der Waals surface area contributed by atoms with Crippen LogP contribution in [0.1, 0.15) is 5.56 Å². The van der Waals surface area contributed by atoms with Crippen LogP contribution in [0.15, 0.2) is 72.9 Å². The van der Waals surface area contributed by atoms with E-state index in [2.05, 4.69) is 91.5 Å². The van der Waals surface area contributed by atoms with Gasteiger partial charge in [0.25, 0.3) is 0 Å². The van der Waals surface area contributed by atoms with E-state index in [1.807, 2.05) is 11.3 Å². The Morgan fingerprint density at radius 1 is 0.870 bits per heavy atom. The zero-order chi connectivity index (χ0) is 15.8. The average molecular weight is 316 g/mol. The van der Waals surface area contributed by atoms with E-state index in [4.69, 9.17) is 0 Å². The van der Waals surface area contributed by atoms with Gasteiger partial charge < -0.3 is 0 Å². The second kappa shape index (κ2) is 5.64. The molecule has 23 heavy (non-hydrogen) atoms. The Balaban J connectivity index is 1.88. The molecule has 0 atom stereocenters. The zero-order valence-corrected chi connectivity index (χ0v) is 14.1. The first kappa shape index (κ1) is 14.2. The molecule has 0 unspecified atom stereocenters. The number of fused-ring (bicyclic) bond motifs is 1. The summed E-state index contributed by atoms with van der Waals surface area (Å²) in [5.74, 6) is 0. The highest BCUT2D eigenvalue weighted by Crippen LogP contribution is 2.34. The van der Waals surface area contributed by atoms with Crippen molar-refractivity contribution in [2.45, 2.75) is 6.92 Å². The fourth-order valence-corrected chi connectivity index (χ4v) is 4.03. The molecule has 4 rings (SSSR count). The third kappa shape index (κ3) is 2.55. The quantitative estimate of drug-likeness (QED) is 0.438. The number of hydrogen-bond acceptors (Lipinski definition) is 1. The maximum atomic E-state index is 2.30. The van der Waals surface area contributed by atoms with Gasteiger partial charge in [-0.25, -0.2) is 4.57 Å². The molecular formula is C21H18NS+. The molecule has 2 heteroatoms. The summed E-state index contributed by atoms with van der Waals surface area (Å²) < 4.78 is 3.53. The standard InChI is InChI=1S/C21H18NS/c1-15-7-3-5-9-18(15)19-13-17(11-12-22(19)2)21-14-16-8-4-6-10-20(16)23-21/h3-14H,1-2H3/q+1. The molecule has 0 spiro atoms. The summed E-state index contributed by atoms with van der Waals surface area (Å²) in [5.41, 5.74) is 5.12. The van der Waals surface area contributed by atoms with Gasteiger partial charge in [0.15, 0.2) is 6.20 Å². The lowest BCUT2D eigenvalue weighted by atomic mass is 10.0. The molecule has 0 saturated carbocycles. The predicted octanol–water partition coefficient (Wildman–Crippen LogP) is 5.37. The van der Waals surface area contributed by atoms with Gasteiger partial charge in [-0.1, -0.05) is 36.4 Å². The Bertz CT molecular complexity index is 965. The van der Waals surface area contributed by atoms with Gasteiger partial charge >= 0.3 is 0 Å². The van der Waals surface area contributed by atoms with Crippen LogP contribution in [-0.2, 0) is 7.05 Å². The molecule has 0 aliphatic rings. The van der Waals surface area contributed by atoms with E-state index in [1.165, 1.54) is 37.3 Å². The van der Waals surface area contributed by atoms with Gasteiger partial charge in [0.2, 0.25) is 5.69 Å². The number of aromatic nitrogens is 1. The van der Waals surface area contributed by atoms with Crippen LogP contribution >= 0.6 is 11.3 Å². The highest BCUT2D eigenvalue weighted by Gasteiger charge is 2.14. The van der Waals surface area contributed by atoms with E-state index >= 15 is 0 Å². The first-order valence-corrected chi connectivity index (χ1v) is 8.59. The third-order valence-electron chi connectivity index (χ3n) is 4.28. The van der Waals surface area contributed by atoms with Crippen molar-refractivity contribution in [3.63, 3.8) is 0 Å². The summed E-state index contributed by atoms with van der Waals surface area (Å²) >= 11 is 1.86. The monoisotopic (exact) mass is 316 g/mol. The third-order valence-corrected chi connectivity index (χ3v) is 5.45. The first-order valence-electron chi connectivity index (χ1n) is 7.77. The molecule has 0 bridgehead atoms. The van der Waals surface area contributed by atoms with Crippen molar-refractivity contribution in [2.24, 2.45) is 7.05 Å². The topological polar surface area (TPSA) is 3.88 Å². The smallest absolute Gasteiger partial charge is 0.201 e. The SMILES string of the molecule is Cc1ccccc1-c1cc(-c2cc3ccccc3s2)cc[n+]1C. The normalized spacial score (nSPS) is 11.0. The molecule has 2 aromatic heterocycles. The maximum Gasteiger partial charge on any atom is 0.213 e. The predicted molar refractivity (Wildman–Crippen MR) is 98.6 cm³/mol. The molecule has 2 heterocycles. The molecule has 0 aliphatic heterocycles. The molecule has 0 amide bonds. The Morgan fingerprint density at radius 3 is 2.48 bits per heavy atom. The molecule has 1 nitrogen and oxygen atoms in total. The van der Waals surface area contributed by atoms with Crippen molar-refractivity contribution < 1.29 is 4.57 Å². The fraction of sp³-hybridized carbons (Fsp3) is 0.0952. The van der Waals surface area contributed by atoms with Crippen molar-refractivity contribution in [1.82, 2.24) is 0 Å². The Morgan fingerprint density at radius 2 is 1.65 bits per heavy atom. The summed E-state index contributed by atoms with van der Waals surface area (Å²) in [6, 6.07) is 23.9. The van der Waals surface area contributed by atoms with Crippen LogP contribution in [-0.4, -0.2) is 0 Å². The lowest BCUT2D eigenvalue weighted by Gasteiger charge is -2.05. The molecule has 4 aromatic rings.